The van der Waals surface area contributed by atoms with Gasteiger partial charge in [-0.15, -0.1) is 0 Å². The third-order valence-electron chi connectivity index (χ3n) is 4.61. The van der Waals surface area contributed by atoms with Gasteiger partial charge < -0.3 is 9.84 Å². The van der Waals surface area contributed by atoms with Crippen LogP contribution in [-0.4, -0.2) is 49.0 Å². The maximum absolute atomic E-state index is 10.2. The molecule has 3 heteroatoms. The van der Waals surface area contributed by atoms with Crippen molar-refractivity contribution < 1.29 is 9.84 Å². The molecule has 1 N–H and O–H groups in total. The molecule has 0 unspecified atom stereocenters. The molecule has 15 heavy (non-hydrogen) atoms. The van der Waals surface area contributed by atoms with Gasteiger partial charge in [-0.25, -0.2) is 0 Å². The number of nitrogens with zero attached hydrogens (tertiary/aromatic N) is 1. The Morgan fingerprint density at radius 1 is 1.13 bits per heavy atom. The quantitative estimate of drug-likeness (QED) is 0.731. The van der Waals surface area contributed by atoms with Gasteiger partial charge in [-0.05, 0) is 31.1 Å². The molecule has 2 saturated carbocycles. The van der Waals surface area contributed by atoms with Gasteiger partial charge in [0.15, 0.2) is 0 Å². The van der Waals surface area contributed by atoms with Crippen LogP contribution in [0.5, 0.6) is 0 Å². The Morgan fingerprint density at radius 2 is 1.87 bits per heavy atom. The van der Waals surface area contributed by atoms with Gasteiger partial charge >= 0.3 is 0 Å². The van der Waals surface area contributed by atoms with Gasteiger partial charge in [0.25, 0.3) is 0 Å². The molecule has 0 aromatic carbocycles. The third kappa shape index (κ3) is 1.81. The maximum Gasteiger partial charge on any atom is 0.0611 e. The van der Waals surface area contributed by atoms with E-state index in [1.54, 1.807) is 0 Å². The predicted octanol–water partition coefficient (Wildman–Crippen LogP) is 0.726. The normalized spacial score (nSPS) is 46.2. The molecule has 0 aromatic rings. The third-order valence-corrected chi connectivity index (χ3v) is 4.61. The Hall–Kier alpha value is -0.120. The van der Waals surface area contributed by atoms with Crippen LogP contribution in [0.2, 0.25) is 0 Å². The van der Waals surface area contributed by atoms with Gasteiger partial charge in [0.1, 0.15) is 0 Å². The summed E-state index contributed by atoms with van der Waals surface area (Å²) in [7, 11) is 0. The number of rotatable bonds is 2. The molecule has 0 radical (unpaired) electrons. The molecule has 4 atom stereocenters. The number of hydrogen-bond donors (Lipinski definition) is 1. The summed E-state index contributed by atoms with van der Waals surface area (Å²) >= 11 is 0. The Balaban J connectivity index is 1.58. The van der Waals surface area contributed by atoms with Crippen LogP contribution in [0.1, 0.15) is 19.3 Å². The second kappa shape index (κ2) is 4.04. The van der Waals surface area contributed by atoms with Gasteiger partial charge in [-0.3, -0.25) is 4.90 Å². The number of morpholine rings is 1. The summed E-state index contributed by atoms with van der Waals surface area (Å²) in [6.45, 7) is 4.96. The van der Waals surface area contributed by atoms with Crippen molar-refractivity contribution in [1.29, 1.82) is 0 Å². The molecular formula is C12H21NO2. The molecule has 2 aliphatic carbocycles. The fourth-order valence-corrected chi connectivity index (χ4v) is 3.72. The highest BCUT2D eigenvalue weighted by molar-refractivity contribution is 4.97. The second-order valence-electron chi connectivity index (χ2n) is 5.40. The van der Waals surface area contributed by atoms with Crippen LogP contribution >= 0.6 is 0 Å². The van der Waals surface area contributed by atoms with Crippen LogP contribution < -0.4 is 0 Å². The number of ether oxygens (including phenoxy) is 1. The molecule has 3 nitrogen and oxygen atoms in total. The number of hydrogen-bond acceptors (Lipinski definition) is 3. The van der Waals surface area contributed by atoms with Crippen LogP contribution in [-0.2, 0) is 4.74 Å². The first-order chi connectivity index (χ1) is 7.34. The predicted molar refractivity (Wildman–Crippen MR) is 57.6 cm³/mol. The lowest BCUT2D eigenvalue weighted by Crippen LogP contribution is -2.43. The first-order valence-corrected chi connectivity index (χ1v) is 6.33. The van der Waals surface area contributed by atoms with E-state index in [1.165, 1.54) is 19.3 Å². The van der Waals surface area contributed by atoms with Crippen molar-refractivity contribution in [3.63, 3.8) is 0 Å². The number of fused-ring (bicyclic) bond motifs is 2. The first-order valence-electron chi connectivity index (χ1n) is 6.33. The lowest BCUT2D eigenvalue weighted by atomic mass is 9.86. The average Bonchev–Trinajstić information content (AvgIpc) is 2.84. The van der Waals surface area contributed by atoms with Gasteiger partial charge in [0, 0.05) is 25.6 Å². The van der Waals surface area contributed by atoms with Crippen molar-refractivity contribution in [3.05, 3.63) is 0 Å². The monoisotopic (exact) mass is 211 g/mol. The van der Waals surface area contributed by atoms with E-state index in [2.05, 4.69) is 4.90 Å². The summed E-state index contributed by atoms with van der Waals surface area (Å²) < 4.78 is 5.35. The summed E-state index contributed by atoms with van der Waals surface area (Å²) in [5, 5.41) is 10.2. The summed E-state index contributed by atoms with van der Waals surface area (Å²) in [6, 6.07) is 0. The van der Waals surface area contributed by atoms with Crippen LogP contribution in [0, 0.1) is 17.8 Å². The smallest absolute Gasteiger partial charge is 0.0611 e. The molecule has 2 bridgehead atoms. The van der Waals surface area contributed by atoms with Crippen LogP contribution in [0.4, 0.5) is 0 Å². The summed E-state index contributed by atoms with van der Waals surface area (Å²) in [4.78, 5) is 2.47. The minimum Gasteiger partial charge on any atom is -0.392 e. The minimum atomic E-state index is -0.00778. The minimum absolute atomic E-state index is 0.00778. The van der Waals surface area contributed by atoms with Crippen molar-refractivity contribution in [2.45, 2.75) is 25.4 Å². The van der Waals surface area contributed by atoms with E-state index in [-0.39, 0.29) is 6.10 Å². The molecule has 0 spiro atoms. The molecular weight excluding hydrogens is 190 g/mol. The van der Waals surface area contributed by atoms with Crippen molar-refractivity contribution in [2.24, 2.45) is 17.8 Å². The highest BCUT2D eigenvalue weighted by atomic mass is 16.5. The standard InChI is InChI=1S/C12H21NO2/c14-12-10-2-1-9(7-10)11(12)8-13-3-5-15-6-4-13/h9-12,14H,1-8H2/t9-,10-,11+,12-/m1/s1. The van der Waals surface area contributed by atoms with Gasteiger partial charge in [0.05, 0.1) is 19.3 Å². The summed E-state index contributed by atoms with van der Waals surface area (Å²) in [6.07, 6.45) is 3.91. The van der Waals surface area contributed by atoms with E-state index < -0.39 is 0 Å². The molecule has 3 aliphatic rings. The van der Waals surface area contributed by atoms with Gasteiger partial charge in [0.2, 0.25) is 0 Å². The van der Waals surface area contributed by atoms with Gasteiger partial charge in [-0.1, -0.05) is 0 Å². The highest BCUT2D eigenvalue weighted by Gasteiger charge is 2.46. The van der Waals surface area contributed by atoms with Crippen LogP contribution in [0.15, 0.2) is 0 Å². The maximum atomic E-state index is 10.2. The molecule has 1 saturated heterocycles. The largest absolute Gasteiger partial charge is 0.392 e. The zero-order valence-electron chi connectivity index (χ0n) is 9.27. The van der Waals surface area contributed by atoms with Crippen molar-refractivity contribution in [2.75, 3.05) is 32.8 Å². The molecule has 1 heterocycles. The van der Waals surface area contributed by atoms with Crippen molar-refractivity contribution >= 4 is 0 Å². The number of aliphatic hydroxyl groups excluding tert-OH is 1. The average molecular weight is 211 g/mol. The van der Waals surface area contributed by atoms with E-state index in [9.17, 15) is 5.11 Å². The molecule has 3 rings (SSSR count). The zero-order valence-corrected chi connectivity index (χ0v) is 9.27. The van der Waals surface area contributed by atoms with E-state index in [0.29, 0.717) is 11.8 Å². The highest BCUT2D eigenvalue weighted by Crippen LogP contribution is 2.48. The van der Waals surface area contributed by atoms with Crippen molar-refractivity contribution in [1.82, 2.24) is 4.90 Å². The van der Waals surface area contributed by atoms with Crippen LogP contribution in [0.3, 0.4) is 0 Å². The fraction of sp³-hybridized carbons (Fsp3) is 1.00. The summed E-state index contributed by atoms with van der Waals surface area (Å²) in [5.41, 5.74) is 0. The topological polar surface area (TPSA) is 32.7 Å². The number of aliphatic hydroxyl groups is 1. The Morgan fingerprint density at radius 3 is 2.53 bits per heavy atom. The molecule has 3 fully saturated rings. The summed E-state index contributed by atoms with van der Waals surface area (Å²) in [5.74, 6) is 2.00. The zero-order chi connectivity index (χ0) is 10.3. The van der Waals surface area contributed by atoms with Crippen LogP contribution in [0.25, 0.3) is 0 Å². The molecule has 0 aromatic heterocycles. The Bertz CT molecular complexity index is 226. The fourth-order valence-electron chi connectivity index (χ4n) is 3.72. The van der Waals surface area contributed by atoms with Crippen molar-refractivity contribution in [3.8, 4) is 0 Å². The molecule has 0 amide bonds. The first kappa shape index (κ1) is 10.1. The van der Waals surface area contributed by atoms with E-state index in [0.717, 1.165) is 38.8 Å². The SMILES string of the molecule is O[C@@H]1[C@@H]2CC[C@H](C2)[C@@H]1CN1CCOCC1. The Labute approximate surface area is 91.4 Å². The lowest BCUT2D eigenvalue weighted by molar-refractivity contribution is -0.00240. The Kier molecular flexibility index (Phi) is 2.71. The van der Waals surface area contributed by atoms with Gasteiger partial charge in [-0.2, -0.15) is 0 Å². The van der Waals surface area contributed by atoms with E-state index in [1.807, 2.05) is 0 Å². The second-order valence-corrected chi connectivity index (χ2v) is 5.40. The molecule has 86 valence electrons. The molecule has 1 aliphatic heterocycles. The van der Waals surface area contributed by atoms with E-state index >= 15 is 0 Å². The van der Waals surface area contributed by atoms with E-state index in [4.69, 9.17) is 4.74 Å². The lowest BCUT2D eigenvalue weighted by Gasteiger charge is -2.34.